The minimum Gasteiger partial charge on any atom is -0.368 e. The highest BCUT2D eigenvalue weighted by molar-refractivity contribution is 6.33. The molecule has 5 heteroatoms. The Bertz CT molecular complexity index is 493. The number of anilines is 1. The lowest BCUT2D eigenvalue weighted by atomic mass is 10.4. The van der Waals surface area contributed by atoms with Crippen molar-refractivity contribution in [2.24, 2.45) is 0 Å². The van der Waals surface area contributed by atoms with Crippen LogP contribution in [0.2, 0.25) is 5.02 Å². The van der Waals surface area contributed by atoms with Crippen molar-refractivity contribution in [1.29, 1.82) is 0 Å². The Kier molecular flexibility index (Phi) is 3.79. The van der Waals surface area contributed by atoms with E-state index in [0.29, 0.717) is 0 Å². The zero-order chi connectivity index (χ0) is 11.3. The summed E-state index contributed by atoms with van der Waals surface area (Å²) >= 11 is 5.78. The smallest absolute Gasteiger partial charge is 0.292 e. The summed E-state index contributed by atoms with van der Waals surface area (Å²) in [5.41, 5.74) is -0.157. The lowest BCUT2D eigenvalue weighted by Crippen LogP contribution is -2.25. The quantitative estimate of drug-likeness (QED) is 0.760. The Hall–Kier alpha value is -1.91. The van der Waals surface area contributed by atoms with Crippen LogP contribution in [0.25, 0.3) is 0 Å². The largest absolute Gasteiger partial charge is 0.368 e. The van der Waals surface area contributed by atoms with Crippen molar-refractivity contribution in [3.63, 3.8) is 0 Å². The molecule has 4 nitrogen and oxygen atoms in total. The molecule has 1 aromatic heterocycles. The van der Waals surface area contributed by atoms with Gasteiger partial charge in [-0.25, -0.2) is 4.68 Å². The highest BCUT2D eigenvalue weighted by Crippen LogP contribution is 2.14. The van der Waals surface area contributed by atoms with Gasteiger partial charge in [0, 0.05) is 0 Å². The number of halogens is 1. The van der Waals surface area contributed by atoms with Gasteiger partial charge in [0.1, 0.15) is 12.2 Å². The first kappa shape index (κ1) is 11.2. The third kappa shape index (κ3) is 2.52. The van der Waals surface area contributed by atoms with Gasteiger partial charge in [0.25, 0.3) is 5.56 Å². The van der Waals surface area contributed by atoms with Crippen molar-refractivity contribution >= 4 is 17.3 Å². The zero-order valence-corrected chi connectivity index (χ0v) is 8.58. The molecule has 0 spiro atoms. The first-order valence-electron chi connectivity index (χ1n) is 4.07. The normalized spacial score (nSPS) is 9.00. The summed E-state index contributed by atoms with van der Waals surface area (Å²) in [6.07, 6.45) is 11.5. The Morgan fingerprint density at radius 1 is 1.53 bits per heavy atom. The van der Waals surface area contributed by atoms with Crippen LogP contribution < -0.4 is 10.9 Å². The Morgan fingerprint density at radius 2 is 2.27 bits per heavy atom. The molecule has 0 bridgehead atoms. The fourth-order valence-electron chi connectivity index (χ4n) is 0.967. The average molecular weight is 222 g/mol. The van der Waals surface area contributed by atoms with Crippen LogP contribution >= 0.6 is 11.6 Å². The van der Waals surface area contributed by atoms with E-state index in [2.05, 4.69) is 22.3 Å². The van der Waals surface area contributed by atoms with Crippen LogP contribution in [0.5, 0.6) is 0 Å². The molecule has 0 saturated heterocycles. The van der Waals surface area contributed by atoms with E-state index in [0.717, 1.165) is 4.68 Å². The third-order valence-corrected chi connectivity index (χ3v) is 1.89. The van der Waals surface area contributed by atoms with E-state index < -0.39 is 0 Å². The van der Waals surface area contributed by atoms with Crippen LogP contribution in [0, 0.1) is 24.7 Å². The van der Waals surface area contributed by atoms with Crippen LogP contribution in [-0.4, -0.2) is 16.3 Å². The molecule has 1 N–H and O–H groups in total. The third-order valence-electron chi connectivity index (χ3n) is 1.61. The highest BCUT2D eigenvalue weighted by Gasteiger charge is 2.07. The van der Waals surface area contributed by atoms with Crippen LogP contribution in [0.1, 0.15) is 0 Å². The van der Waals surface area contributed by atoms with E-state index in [4.69, 9.17) is 24.4 Å². The van der Waals surface area contributed by atoms with Crippen LogP contribution in [-0.2, 0) is 6.54 Å². The van der Waals surface area contributed by atoms with Gasteiger partial charge in [0.15, 0.2) is 0 Å². The molecule has 0 unspecified atom stereocenters. The van der Waals surface area contributed by atoms with E-state index in [9.17, 15) is 4.79 Å². The maximum Gasteiger partial charge on any atom is 0.292 e. The molecule has 0 aromatic carbocycles. The first-order chi connectivity index (χ1) is 7.20. The summed E-state index contributed by atoms with van der Waals surface area (Å²) in [5, 5.41) is 6.72. The van der Waals surface area contributed by atoms with E-state index in [1.54, 1.807) is 0 Å². The second-order valence-electron chi connectivity index (χ2n) is 2.59. The number of rotatable bonds is 3. The summed E-state index contributed by atoms with van der Waals surface area (Å²) in [5.74, 6) is 4.66. The lowest BCUT2D eigenvalue weighted by molar-refractivity contribution is 0.664. The topological polar surface area (TPSA) is 46.9 Å². The predicted octanol–water partition coefficient (Wildman–Crippen LogP) is 0.575. The molecule has 76 valence electrons. The second-order valence-corrected chi connectivity index (χ2v) is 3.00. The highest BCUT2D eigenvalue weighted by atomic mass is 35.5. The molecule has 1 aromatic rings. The summed E-state index contributed by atoms with van der Waals surface area (Å²) < 4.78 is 1.13. The fourth-order valence-corrected chi connectivity index (χ4v) is 1.16. The Balaban J connectivity index is 3.15. The molecule has 0 aliphatic carbocycles. The molecular formula is C10H8ClN3O. The molecule has 0 atom stereocenters. The van der Waals surface area contributed by atoms with Crippen molar-refractivity contribution in [3.05, 3.63) is 21.6 Å². The number of aromatic nitrogens is 2. The SMILES string of the molecule is C#CCNc1c(Cl)cnn(CC#C)c1=O. The lowest BCUT2D eigenvalue weighted by Gasteiger charge is -2.06. The molecule has 0 amide bonds. The van der Waals surface area contributed by atoms with Gasteiger partial charge in [0.2, 0.25) is 0 Å². The molecule has 0 aliphatic heterocycles. The van der Waals surface area contributed by atoms with Crippen molar-refractivity contribution in [3.8, 4) is 24.7 Å². The van der Waals surface area contributed by atoms with Crippen molar-refractivity contribution in [2.75, 3.05) is 11.9 Å². The Morgan fingerprint density at radius 3 is 2.87 bits per heavy atom. The van der Waals surface area contributed by atoms with Gasteiger partial charge in [-0.3, -0.25) is 4.79 Å². The van der Waals surface area contributed by atoms with Gasteiger partial charge < -0.3 is 5.32 Å². The molecule has 0 aliphatic rings. The average Bonchev–Trinajstić information content (AvgIpc) is 2.22. The standard InChI is InChI=1S/C10H8ClN3O/c1-3-5-12-9-8(11)7-13-14(6-4-2)10(9)15/h1-2,7,12H,5-6H2. The maximum atomic E-state index is 11.7. The minimum absolute atomic E-state index is 0.0980. The molecule has 1 rings (SSSR count). The number of nitrogens with one attached hydrogen (secondary N) is 1. The second kappa shape index (κ2) is 5.09. The van der Waals surface area contributed by atoms with Gasteiger partial charge in [0.05, 0.1) is 17.8 Å². The summed E-state index contributed by atoms with van der Waals surface area (Å²) in [7, 11) is 0. The molecule has 0 radical (unpaired) electrons. The van der Waals surface area contributed by atoms with Gasteiger partial charge >= 0.3 is 0 Å². The molecule has 15 heavy (non-hydrogen) atoms. The van der Waals surface area contributed by atoms with Gasteiger partial charge in [-0.1, -0.05) is 23.4 Å². The molecule has 1 heterocycles. The summed E-state index contributed by atoms with van der Waals surface area (Å²) in [6.45, 7) is 0.315. The molecule has 0 saturated carbocycles. The summed E-state index contributed by atoms with van der Waals surface area (Å²) in [6, 6.07) is 0. The fraction of sp³-hybridized carbons (Fsp3) is 0.200. The van der Waals surface area contributed by atoms with E-state index in [-0.39, 0.29) is 29.4 Å². The zero-order valence-electron chi connectivity index (χ0n) is 7.83. The van der Waals surface area contributed by atoms with Crippen LogP contribution in [0.15, 0.2) is 11.0 Å². The van der Waals surface area contributed by atoms with Crippen molar-refractivity contribution in [2.45, 2.75) is 6.54 Å². The number of hydrogen-bond acceptors (Lipinski definition) is 3. The summed E-state index contributed by atoms with van der Waals surface area (Å²) in [4.78, 5) is 11.7. The first-order valence-corrected chi connectivity index (χ1v) is 4.45. The van der Waals surface area contributed by atoms with E-state index >= 15 is 0 Å². The molecule has 0 fully saturated rings. The minimum atomic E-state index is -0.379. The number of hydrogen-bond donors (Lipinski definition) is 1. The van der Waals surface area contributed by atoms with E-state index in [1.807, 2.05) is 0 Å². The van der Waals surface area contributed by atoms with Crippen LogP contribution in [0.4, 0.5) is 5.69 Å². The number of nitrogens with zero attached hydrogens (tertiary/aromatic N) is 2. The van der Waals surface area contributed by atoms with Crippen LogP contribution in [0.3, 0.4) is 0 Å². The van der Waals surface area contributed by atoms with Gasteiger partial charge in [-0.15, -0.1) is 12.8 Å². The van der Waals surface area contributed by atoms with E-state index in [1.165, 1.54) is 6.20 Å². The monoisotopic (exact) mass is 221 g/mol. The van der Waals surface area contributed by atoms with Gasteiger partial charge in [-0.05, 0) is 0 Å². The predicted molar refractivity (Wildman–Crippen MR) is 59.7 cm³/mol. The Labute approximate surface area is 92.3 Å². The maximum absolute atomic E-state index is 11.7. The van der Waals surface area contributed by atoms with Crippen molar-refractivity contribution in [1.82, 2.24) is 9.78 Å². The molecular weight excluding hydrogens is 214 g/mol. The van der Waals surface area contributed by atoms with Crippen molar-refractivity contribution < 1.29 is 0 Å². The van der Waals surface area contributed by atoms with Gasteiger partial charge in [-0.2, -0.15) is 5.10 Å². The number of terminal acetylenes is 2.